The van der Waals surface area contributed by atoms with E-state index in [2.05, 4.69) is 16.0 Å². The predicted octanol–water partition coefficient (Wildman–Crippen LogP) is 2.75. The lowest BCUT2D eigenvalue weighted by Gasteiger charge is -2.23. The number of nitrogens with one attached hydrogen (secondary N) is 3. The Bertz CT molecular complexity index is 1120. The quantitative estimate of drug-likeness (QED) is 0.231. The molecule has 0 saturated heterocycles. The molecule has 0 unspecified atom stereocenters. The standard InChI is InChI=1S/C29H38N4O6/c1-18(2)15-25(27(35)33-24(28(36)37)13-7-8-14-30)32-26(34)16-31-29(38)39-17-23-21-11-5-3-9-19(21)20-10-4-6-12-22(20)23/h3-6,9-12,18,23-25H,7-8,13-17,30H2,1-2H3,(H,31,38)(H,32,34)(H,33,35)(H,36,37)/t24-,25+/m1/s1. The minimum atomic E-state index is -1.15. The molecule has 0 radical (unpaired) electrons. The first kappa shape index (κ1) is 29.6. The van der Waals surface area contributed by atoms with E-state index in [0.717, 1.165) is 22.3 Å². The Labute approximate surface area is 228 Å². The first-order valence-corrected chi connectivity index (χ1v) is 13.3. The van der Waals surface area contributed by atoms with E-state index < -0.39 is 42.5 Å². The third kappa shape index (κ3) is 8.28. The van der Waals surface area contributed by atoms with Crippen LogP contribution in [0.4, 0.5) is 4.79 Å². The summed E-state index contributed by atoms with van der Waals surface area (Å²) in [6, 6.07) is 13.9. The normalized spacial score (nSPS) is 13.6. The second kappa shape index (κ2) is 14.3. The van der Waals surface area contributed by atoms with Crippen molar-refractivity contribution in [2.45, 2.75) is 57.5 Å². The maximum absolute atomic E-state index is 12.8. The van der Waals surface area contributed by atoms with Gasteiger partial charge in [0, 0.05) is 5.92 Å². The van der Waals surface area contributed by atoms with Crippen LogP contribution in [-0.4, -0.2) is 60.8 Å². The number of ether oxygens (including phenoxy) is 1. The molecule has 2 aromatic rings. The number of fused-ring (bicyclic) bond motifs is 3. The fourth-order valence-electron chi connectivity index (χ4n) is 4.77. The number of aliphatic carboxylic acids is 1. The van der Waals surface area contributed by atoms with Crippen LogP contribution in [0.15, 0.2) is 48.5 Å². The van der Waals surface area contributed by atoms with Gasteiger partial charge in [0.1, 0.15) is 25.2 Å². The lowest BCUT2D eigenvalue weighted by atomic mass is 9.98. The average molecular weight is 539 g/mol. The molecule has 3 amide bonds. The Morgan fingerprint density at radius 3 is 2.10 bits per heavy atom. The van der Waals surface area contributed by atoms with Crippen LogP contribution in [0.25, 0.3) is 11.1 Å². The smallest absolute Gasteiger partial charge is 0.407 e. The molecule has 0 aromatic heterocycles. The molecule has 0 spiro atoms. The van der Waals surface area contributed by atoms with Gasteiger partial charge in [-0.25, -0.2) is 9.59 Å². The van der Waals surface area contributed by atoms with E-state index in [1.165, 1.54) is 0 Å². The largest absolute Gasteiger partial charge is 0.480 e. The number of unbranched alkanes of at least 4 members (excludes halogenated alkanes) is 1. The SMILES string of the molecule is CC(C)C[C@H](NC(=O)CNC(=O)OCC1c2ccccc2-c2ccccc21)C(=O)N[C@H](CCCCN)C(=O)O. The van der Waals surface area contributed by atoms with E-state index in [1.54, 1.807) is 0 Å². The van der Waals surface area contributed by atoms with Crippen LogP contribution in [0.3, 0.4) is 0 Å². The number of hydrogen-bond acceptors (Lipinski definition) is 6. The summed E-state index contributed by atoms with van der Waals surface area (Å²) in [5.41, 5.74) is 9.85. The molecule has 10 nitrogen and oxygen atoms in total. The van der Waals surface area contributed by atoms with E-state index in [0.29, 0.717) is 25.8 Å². The number of rotatable bonds is 14. The Kier molecular flexibility index (Phi) is 10.9. The van der Waals surface area contributed by atoms with Crippen LogP contribution in [0, 0.1) is 5.92 Å². The third-order valence-corrected chi connectivity index (χ3v) is 6.66. The van der Waals surface area contributed by atoms with Gasteiger partial charge in [-0.2, -0.15) is 0 Å². The van der Waals surface area contributed by atoms with Crippen LogP contribution >= 0.6 is 0 Å². The predicted molar refractivity (Wildman–Crippen MR) is 147 cm³/mol. The highest BCUT2D eigenvalue weighted by Gasteiger charge is 2.30. The highest BCUT2D eigenvalue weighted by atomic mass is 16.5. The number of carboxylic acid groups (broad SMARTS) is 1. The van der Waals surface area contributed by atoms with Gasteiger partial charge in [0.25, 0.3) is 0 Å². The summed E-state index contributed by atoms with van der Waals surface area (Å²) in [6.45, 7) is 3.93. The molecule has 3 rings (SSSR count). The summed E-state index contributed by atoms with van der Waals surface area (Å²) < 4.78 is 5.45. The van der Waals surface area contributed by atoms with Gasteiger partial charge in [0.2, 0.25) is 11.8 Å². The number of carbonyl (C=O) groups excluding carboxylic acids is 3. The maximum Gasteiger partial charge on any atom is 0.407 e. The van der Waals surface area contributed by atoms with Crippen LogP contribution < -0.4 is 21.7 Å². The Morgan fingerprint density at radius 2 is 1.54 bits per heavy atom. The summed E-state index contributed by atoms with van der Waals surface area (Å²) in [5.74, 6) is -2.37. The van der Waals surface area contributed by atoms with Gasteiger partial charge in [0.15, 0.2) is 0 Å². The number of benzene rings is 2. The Morgan fingerprint density at radius 1 is 0.923 bits per heavy atom. The van der Waals surface area contributed by atoms with Crippen LogP contribution in [0.2, 0.25) is 0 Å². The van der Waals surface area contributed by atoms with Gasteiger partial charge in [-0.3, -0.25) is 9.59 Å². The zero-order chi connectivity index (χ0) is 28.4. The molecule has 39 heavy (non-hydrogen) atoms. The second-order valence-corrected chi connectivity index (χ2v) is 10.1. The van der Waals surface area contributed by atoms with Gasteiger partial charge in [-0.05, 0) is 60.4 Å². The number of hydrogen-bond donors (Lipinski definition) is 5. The van der Waals surface area contributed by atoms with Crippen molar-refractivity contribution in [2.75, 3.05) is 19.7 Å². The first-order valence-electron chi connectivity index (χ1n) is 13.3. The van der Waals surface area contributed by atoms with E-state index in [9.17, 15) is 24.3 Å². The third-order valence-electron chi connectivity index (χ3n) is 6.66. The van der Waals surface area contributed by atoms with Gasteiger partial charge < -0.3 is 31.5 Å². The molecular formula is C29H38N4O6. The van der Waals surface area contributed by atoms with Gasteiger partial charge >= 0.3 is 12.1 Å². The highest BCUT2D eigenvalue weighted by Crippen LogP contribution is 2.44. The molecule has 2 aromatic carbocycles. The second-order valence-electron chi connectivity index (χ2n) is 10.1. The monoisotopic (exact) mass is 538 g/mol. The number of amides is 3. The molecule has 1 aliphatic carbocycles. The van der Waals surface area contributed by atoms with Gasteiger partial charge in [-0.1, -0.05) is 62.4 Å². The van der Waals surface area contributed by atoms with Crippen LogP contribution in [-0.2, 0) is 19.1 Å². The van der Waals surface area contributed by atoms with Crippen molar-refractivity contribution >= 4 is 23.9 Å². The van der Waals surface area contributed by atoms with Crippen molar-refractivity contribution in [1.29, 1.82) is 0 Å². The summed E-state index contributed by atoms with van der Waals surface area (Å²) in [5, 5.41) is 17.0. The summed E-state index contributed by atoms with van der Waals surface area (Å²) >= 11 is 0. The molecule has 0 fully saturated rings. The Balaban J connectivity index is 1.51. The van der Waals surface area contributed by atoms with Crippen LogP contribution in [0.5, 0.6) is 0 Å². The van der Waals surface area contributed by atoms with Gasteiger partial charge in [-0.15, -0.1) is 0 Å². The first-order chi connectivity index (χ1) is 18.7. The van der Waals surface area contributed by atoms with Crippen molar-refractivity contribution in [2.24, 2.45) is 11.7 Å². The fraction of sp³-hybridized carbons (Fsp3) is 0.448. The number of carboxylic acids is 1. The molecule has 0 bridgehead atoms. The minimum absolute atomic E-state index is 0.0525. The zero-order valence-electron chi connectivity index (χ0n) is 22.4. The van der Waals surface area contributed by atoms with E-state index in [-0.39, 0.29) is 24.9 Å². The lowest BCUT2D eigenvalue weighted by molar-refractivity contribution is -0.142. The molecule has 10 heteroatoms. The van der Waals surface area contributed by atoms with Crippen molar-refractivity contribution in [3.05, 3.63) is 59.7 Å². The maximum atomic E-state index is 12.8. The molecule has 2 atom stereocenters. The summed E-state index contributed by atoms with van der Waals surface area (Å²) in [7, 11) is 0. The molecule has 0 aliphatic heterocycles. The fourth-order valence-corrected chi connectivity index (χ4v) is 4.77. The topological polar surface area (TPSA) is 160 Å². The van der Waals surface area contributed by atoms with Crippen LogP contribution in [0.1, 0.15) is 56.6 Å². The van der Waals surface area contributed by atoms with Crippen molar-refractivity contribution < 1.29 is 29.0 Å². The molecule has 0 heterocycles. The van der Waals surface area contributed by atoms with E-state index in [4.69, 9.17) is 10.5 Å². The molecule has 1 aliphatic rings. The molecular weight excluding hydrogens is 500 g/mol. The summed E-state index contributed by atoms with van der Waals surface area (Å²) in [4.78, 5) is 49.4. The Hall–Kier alpha value is -3.92. The lowest BCUT2D eigenvalue weighted by Crippen LogP contribution is -2.53. The van der Waals surface area contributed by atoms with E-state index in [1.807, 2.05) is 62.4 Å². The van der Waals surface area contributed by atoms with Gasteiger partial charge in [0.05, 0.1) is 0 Å². The zero-order valence-corrected chi connectivity index (χ0v) is 22.4. The number of alkyl carbamates (subject to hydrolysis) is 1. The van der Waals surface area contributed by atoms with Crippen molar-refractivity contribution in [1.82, 2.24) is 16.0 Å². The minimum Gasteiger partial charge on any atom is -0.480 e. The van der Waals surface area contributed by atoms with E-state index >= 15 is 0 Å². The average Bonchev–Trinajstić information content (AvgIpc) is 3.23. The summed E-state index contributed by atoms with van der Waals surface area (Å²) in [6.07, 6.45) is 0.997. The number of nitrogens with two attached hydrogens (primary N) is 1. The van der Waals surface area contributed by atoms with Crippen molar-refractivity contribution in [3.63, 3.8) is 0 Å². The highest BCUT2D eigenvalue weighted by molar-refractivity contribution is 5.91. The number of carbonyl (C=O) groups is 4. The molecule has 0 saturated carbocycles. The van der Waals surface area contributed by atoms with Crippen molar-refractivity contribution in [3.8, 4) is 11.1 Å². The molecule has 210 valence electrons. The molecule has 6 N–H and O–H groups in total.